The topological polar surface area (TPSA) is 113 Å². The second-order valence-corrected chi connectivity index (χ2v) is 10.8. The molecule has 0 spiro atoms. The lowest BCUT2D eigenvalue weighted by molar-refractivity contribution is -0.119. The molecule has 0 bridgehead atoms. The Bertz CT molecular complexity index is 1410. The van der Waals surface area contributed by atoms with E-state index in [4.69, 9.17) is 23.7 Å². The van der Waals surface area contributed by atoms with Gasteiger partial charge in [0.15, 0.2) is 11.5 Å². The Labute approximate surface area is 235 Å². The van der Waals surface area contributed by atoms with Crippen LogP contribution in [-0.4, -0.2) is 62.5 Å². The maximum Gasteiger partial charge on any atom is 0.265 e. The molecular weight excluding hydrogens is 536 g/mol. The van der Waals surface area contributed by atoms with Crippen LogP contribution in [0.4, 0.5) is 5.69 Å². The lowest BCUT2D eigenvalue weighted by atomic mass is 10.0. The monoisotopic (exact) mass is 572 g/mol. The number of sulfonamides is 1. The van der Waals surface area contributed by atoms with Crippen LogP contribution in [-0.2, 0) is 14.8 Å². The fourth-order valence-corrected chi connectivity index (χ4v) is 5.46. The highest BCUT2D eigenvalue weighted by Gasteiger charge is 2.31. The van der Waals surface area contributed by atoms with Crippen LogP contribution in [0.1, 0.15) is 25.3 Å². The van der Waals surface area contributed by atoms with Gasteiger partial charge < -0.3 is 29.0 Å². The first kappa shape index (κ1) is 30.4. The second kappa shape index (κ2) is 13.8. The number of ether oxygens (including phenoxy) is 5. The maximum absolute atomic E-state index is 13.9. The van der Waals surface area contributed by atoms with Crippen molar-refractivity contribution in [2.75, 3.05) is 52.4 Å². The summed E-state index contributed by atoms with van der Waals surface area (Å²) in [6.07, 6.45) is 0. The van der Waals surface area contributed by atoms with E-state index in [1.807, 2.05) is 24.3 Å². The molecule has 3 aromatic rings. The minimum Gasteiger partial charge on any atom is -0.497 e. The quantitative estimate of drug-likeness (QED) is 0.286. The van der Waals surface area contributed by atoms with Crippen LogP contribution in [0.5, 0.6) is 28.7 Å². The molecule has 0 atom stereocenters. The van der Waals surface area contributed by atoms with E-state index < -0.39 is 22.5 Å². The van der Waals surface area contributed by atoms with Gasteiger partial charge in [-0.15, -0.1) is 0 Å². The molecular formula is C29H36N2O8S. The molecule has 11 heteroatoms. The highest BCUT2D eigenvalue weighted by Crippen LogP contribution is 2.37. The van der Waals surface area contributed by atoms with E-state index in [1.54, 1.807) is 12.1 Å². The predicted octanol–water partition coefficient (Wildman–Crippen LogP) is 4.23. The standard InChI is InChI=1S/C29H36N2O8S/c1-20(2)23-9-7-8-10-25(23)39-16-15-30-29(32)19-31(24-17-21(35-3)11-13-26(24)36-4)40(33,34)22-12-14-27(37-5)28(18-22)38-6/h7-14,17-18,20H,15-16,19H2,1-6H3,(H,30,32). The first-order valence-corrected chi connectivity index (χ1v) is 14.1. The normalized spacial score (nSPS) is 11.1. The Morgan fingerprint density at radius 3 is 2.15 bits per heavy atom. The average molecular weight is 573 g/mol. The zero-order chi connectivity index (χ0) is 29.3. The molecule has 0 saturated heterocycles. The third kappa shape index (κ3) is 7.09. The van der Waals surface area contributed by atoms with Gasteiger partial charge in [-0.1, -0.05) is 32.0 Å². The van der Waals surface area contributed by atoms with Gasteiger partial charge in [-0.2, -0.15) is 0 Å². The molecule has 0 saturated carbocycles. The van der Waals surface area contributed by atoms with E-state index in [-0.39, 0.29) is 41.2 Å². The first-order chi connectivity index (χ1) is 19.2. The van der Waals surface area contributed by atoms with Gasteiger partial charge in [0.2, 0.25) is 5.91 Å². The second-order valence-electron chi connectivity index (χ2n) is 8.96. The van der Waals surface area contributed by atoms with Crippen LogP contribution in [0.15, 0.2) is 65.6 Å². The van der Waals surface area contributed by atoms with Gasteiger partial charge in [0.25, 0.3) is 10.0 Å². The third-order valence-corrected chi connectivity index (χ3v) is 7.86. The van der Waals surface area contributed by atoms with E-state index >= 15 is 0 Å². The van der Waals surface area contributed by atoms with Crippen LogP contribution < -0.4 is 33.3 Å². The van der Waals surface area contributed by atoms with Crippen molar-refractivity contribution in [3.8, 4) is 28.7 Å². The average Bonchev–Trinajstić information content (AvgIpc) is 2.97. The molecule has 0 aliphatic heterocycles. The molecule has 0 aromatic heterocycles. The van der Waals surface area contributed by atoms with Crippen LogP contribution in [0.25, 0.3) is 0 Å². The Balaban J connectivity index is 1.87. The smallest absolute Gasteiger partial charge is 0.265 e. The predicted molar refractivity (Wildman–Crippen MR) is 153 cm³/mol. The molecule has 1 amide bonds. The van der Waals surface area contributed by atoms with Crippen molar-refractivity contribution in [2.45, 2.75) is 24.7 Å². The molecule has 0 heterocycles. The van der Waals surface area contributed by atoms with Crippen molar-refractivity contribution < 1.29 is 36.9 Å². The Hall–Kier alpha value is -4.12. The number of nitrogens with one attached hydrogen (secondary N) is 1. The molecule has 3 rings (SSSR count). The summed E-state index contributed by atoms with van der Waals surface area (Å²) in [7, 11) is 1.46. The highest BCUT2D eigenvalue weighted by molar-refractivity contribution is 7.92. The van der Waals surface area contributed by atoms with Crippen molar-refractivity contribution in [3.05, 3.63) is 66.2 Å². The molecule has 0 aliphatic carbocycles. The summed E-state index contributed by atoms with van der Waals surface area (Å²) in [5.41, 5.74) is 1.19. The van der Waals surface area contributed by atoms with Gasteiger partial charge in [0.05, 0.1) is 45.6 Å². The number of benzene rings is 3. The van der Waals surface area contributed by atoms with Crippen molar-refractivity contribution in [1.29, 1.82) is 0 Å². The molecule has 0 aliphatic rings. The van der Waals surface area contributed by atoms with Gasteiger partial charge in [0.1, 0.15) is 30.4 Å². The van der Waals surface area contributed by atoms with Crippen LogP contribution in [0.2, 0.25) is 0 Å². The van der Waals surface area contributed by atoms with E-state index in [2.05, 4.69) is 19.2 Å². The van der Waals surface area contributed by atoms with Gasteiger partial charge in [0, 0.05) is 12.1 Å². The molecule has 10 nitrogen and oxygen atoms in total. The number of nitrogens with zero attached hydrogens (tertiary/aromatic N) is 1. The summed E-state index contributed by atoms with van der Waals surface area (Å²) < 4.78 is 56.0. The number of methoxy groups -OCH3 is 4. The zero-order valence-corrected chi connectivity index (χ0v) is 24.4. The van der Waals surface area contributed by atoms with E-state index in [0.29, 0.717) is 11.5 Å². The molecule has 3 aromatic carbocycles. The van der Waals surface area contributed by atoms with Crippen LogP contribution in [0, 0.1) is 0 Å². The summed E-state index contributed by atoms with van der Waals surface area (Å²) in [5, 5.41) is 2.75. The number of rotatable bonds is 14. The van der Waals surface area contributed by atoms with E-state index in [9.17, 15) is 13.2 Å². The molecule has 0 radical (unpaired) electrons. The number of anilines is 1. The lowest BCUT2D eigenvalue weighted by Crippen LogP contribution is -2.42. The van der Waals surface area contributed by atoms with E-state index in [1.165, 1.54) is 52.7 Å². The highest BCUT2D eigenvalue weighted by atomic mass is 32.2. The Morgan fingerprint density at radius 2 is 1.50 bits per heavy atom. The first-order valence-electron chi connectivity index (χ1n) is 12.6. The van der Waals surface area contributed by atoms with Gasteiger partial charge in [-0.3, -0.25) is 9.10 Å². The van der Waals surface area contributed by atoms with E-state index in [0.717, 1.165) is 15.6 Å². The molecule has 1 N–H and O–H groups in total. The minimum absolute atomic E-state index is 0.101. The summed E-state index contributed by atoms with van der Waals surface area (Å²) in [6.45, 7) is 4.00. The summed E-state index contributed by atoms with van der Waals surface area (Å²) >= 11 is 0. The third-order valence-electron chi connectivity index (χ3n) is 6.11. The van der Waals surface area contributed by atoms with Crippen molar-refractivity contribution in [2.24, 2.45) is 0 Å². The van der Waals surface area contributed by atoms with Crippen LogP contribution in [0.3, 0.4) is 0 Å². The lowest BCUT2D eigenvalue weighted by Gasteiger charge is -2.26. The number of carbonyl (C=O) groups is 1. The molecule has 0 fully saturated rings. The summed E-state index contributed by atoms with van der Waals surface area (Å²) in [5.74, 6) is 1.71. The van der Waals surface area contributed by atoms with Crippen LogP contribution >= 0.6 is 0 Å². The minimum atomic E-state index is -4.28. The van der Waals surface area contributed by atoms with Crippen molar-refractivity contribution >= 4 is 21.6 Å². The molecule has 216 valence electrons. The number of para-hydroxylation sites is 1. The zero-order valence-electron chi connectivity index (χ0n) is 23.6. The van der Waals surface area contributed by atoms with Crippen molar-refractivity contribution in [3.63, 3.8) is 0 Å². The number of amides is 1. The Morgan fingerprint density at radius 1 is 0.825 bits per heavy atom. The number of hydrogen-bond donors (Lipinski definition) is 1. The SMILES string of the molecule is COc1ccc(OC)c(N(CC(=O)NCCOc2ccccc2C(C)C)S(=O)(=O)c2ccc(OC)c(OC)c2)c1. The molecule has 0 unspecified atom stereocenters. The fourth-order valence-electron chi connectivity index (χ4n) is 4.02. The summed E-state index contributed by atoms with van der Waals surface area (Å²) in [6, 6.07) is 16.6. The van der Waals surface area contributed by atoms with Gasteiger partial charge in [-0.05, 0) is 41.8 Å². The van der Waals surface area contributed by atoms with Gasteiger partial charge in [-0.25, -0.2) is 8.42 Å². The fraction of sp³-hybridized carbons (Fsp3) is 0.345. The number of hydrogen-bond acceptors (Lipinski definition) is 8. The maximum atomic E-state index is 13.9. The largest absolute Gasteiger partial charge is 0.497 e. The van der Waals surface area contributed by atoms with Gasteiger partial charge >= 0.3 is 0 Å². The summed E-state index contributed by atoms with van der Waals surface area (Å²) in [4.78, 5) is 13.0. The number of carbonyl (C=O) groups excluding carboxylic acids is 1. The Kier molecular flexibility index (Phi) is 10.5. The molecule has 40 heavy (non-hydrogen) atoms. The van der Waals surface area contributed by atoms with Crippen molar-refractivity contribution in [1.82, 2.24) is 5.32 Å².